The summed E-state index contributed by atoms with van der Waals surface area (Å²) in [4.78, 5) is 4.90. The number of nitrogens with zero attached hydrogens (tertiary/aromatic N) is 2. The minimum absolute atomic E-state index is 0. The Kier molecular flexibility index (Phi) is 7.33. The van der Waals surface area contributed by atoms with Crippen LogP contribution in [0.4, 0.5) is 11.4 Å². The van der Waals surface area contributed by atoms with Crippen molar-refractivity contribution in [1.82, 2.24) is 4.90 Å². The van der Waals surface area contributed by atoms with Crippen LogP contribution >= 0.6 is 24.0 Å². The highest BCUT2D eigenvalue weighted by atomic mass is 35.5. The SMILES string of the molecule is CC1CCCCN1CCCN1c2ccccc2OCOc2ccc(Cl)cc21.Cl. The van der Waals surface area contributed by atoms with E-state index >= 15 is 0 Å². The number of anilines is 2. The van der Waals surface area contributed by atoms with Crippen molar-refractivity contribution in [1.29, 1.82) is 0 Å². The quantitative estimate of drug-likeness (QED) is 0.612. The van der Waals surface area contributed by atoms with Gasteiger partial charge >= 0.3 is 0 Å². The van der Waals surface area contributed by atoms with Gasteiger partial charge in [0.2, 0.25) is 6.79 Å². The largest absolute Gasteiger partial charge is 0.455 e. The molecule has 0 amide bonds. The van der Waals surface area contributed by atoms with E-state index in [2.05, 4.69) is 28.9 Å². The summed E-state index contributed by atoms with van der Waals surface area (Å²) in [7, 11) is 0. The van der Waals surface area contributed by atoms with Gasteiger partial charge in [0.25, 0.3) is 0 Å². The zero-order chi connectivity index (χ0) is 18.6. The van der Waals surface area contributed by atoms with E-state index in [0.29, 0.717) is 11.1 Å². The van der Waals surface area contributed by atoms with Crippen LogP contribution in [-0.4, -0.2) is 37.4 Å². The number of benzene rings is 2. The molecule has 2 aromatic carbocycles. The number of likely N-dealkylation sites (tertiary alicyclic amines) is 1. The number of ether oxygens (including phenoxy) is 2. The third-order valence-corrected chi connectivity index (χ3v) is 5.80. The fraction of sp³-hybridized carbons (Fsp3) is 0.455. The number of rotatable bonds is 4. The first kappa shape index (κ1) is 21.1. The summed E-state index contributed by atoms with van der Waals surface area (Å²) >= 11 is 6.32. The Morgan fingerprint density at radius 3 is 2.61 bits per heavy atom. The third-order valence-electron chi connectivity index (χ3n) is 5.56. The van der Waals surface area contributed by atoms with Gasteiger partial charge in [-0.2, -0.15) is 0 Å². The first-order valence-corrected chi connectivity index (χ1v) is 10.3. The monoisotopic (exact) mass is 422 g/mol. The van der Waals surface area contributed by atoms with Gasteiger partial charge in [-0.25, -0.2) is 0 Å². The number of piperidine rings is 1. The molecule has 4 nitrogen and oxygen atoms in total. The predicted octanol–water partition coefficient (Wildman–Crippen LogP) is 5.89. The second-order valence-corrected chi connectivity index (χ2v) is 7.81. The van der Waals surface area contributed by atoms with Crippen molar-refractivity contribution in [2.24, 2.45) is 0 Å². The highest BCUT2D eigenvalue weighted by molar-refractivity contribution is 6.31. The minimum Gasteiger partial charge on any atom is -0.455 e. The van der Waals surface area contributed by atoms with E-state index < -0.39 is 0 Å². The topological polar surface area (TPSA) is 24.9 Å². The summed E-state index contributed by atoms with van der Waals surface area (Å²) in [6.45, 7) is 5.76. The van der Waals surface area contributed by atoms with Gasteiger partial charge in [-0.15, -0.1) is 12.4 Å². The van der Waals surface area contributed by atoms with Crippen molar-refractivity contribution >= 4 is 35.4 Å². The highest BCUT2D eigenvalue weighted by Gasteiger charge is 2.22. The van der Waals surface area contributed by atoms with E-state index in [1.165, 1.54) is 25.8 Å². The van der Waals surface area contributed by atoms with Crippen LogP contribution in [0.3, 0.4) is 0 Å². The van der Waals surface area contributed by atoms with Gasteiger partial charge in [0, 0.05) is 24.2 Å². The Morgan fingerprint density at radius 1 is 1.00 bits per heavy atom. The average molecular weight is 423 g/mol. The molecule has 0 aromatic heterocycles. The lowest BCUT2D eigenvalue weighted by atomic mass is 10.0. The zero-order valence-corrected chi connectivity index (χ0v) is 17.8. The Bertz CT molecular complexity index is 787. The summed E-state index contributed by atoms with van der Waals surface area (Å²) in [6.07, 6.45) is 5.06. The Labute approximate surface area is 178 Å². The van der Waals surface area contributed by atoms with E-state index in [1.54, 1.807) is 0 Å². The second-order valence-electron chi connectivity index (χ2n) is 7.37. The molecule has 1 saturated heterocycles. The number of hydrogen-bond donors (Lipinski definition) is 0. The van der Waals surface area contributed by atoms with Crippen LogP contribution in [0.5, 0.6) is 11.5 Å². The lowest BCUT2D eigenvalue weighted by Gasteiger charge is -2.35. The van der Waals surface area contributed by atoms with Gasteiger partial charge in [0.05, 0.1) is 11.4 Å². The molecule has 2 aliphatic rings. The molecular weight excluding hydrogens is 395 g/mol. The summed E-state index contributed by atoms with van der Waals surface area (Å²) in [5.41, 5.74) is 2.07. The predicted molar refractivity (Wildman–Crippen MR) is 118 cm³/mol. The maximum Gasteiger partial charge on any atom is 0.231 e. The Hall–Kier alpha value is -1.62. The molecule has 1 fully saturated rings. The molecule has 2 aromatic rings. The van der Waals surface area contributed by atoms with E-state index in [-0.39, 0.29) is 19.2 Å². The Morgan fingerprint density at radius 2 is 1.79 bits per heavy atom. The fourth-order valence-electron chi connectivity index (χ4n) is 4.07. The van der Waals surface area contributed by atoms with E-state index in [9.17, 15) is 0 Å². The minimum atomic E-state index is 0. The van der Waals surface area contributed by atoms with E-state index in [4.69, 9.17) is 21.1 Å². The van der Waals surface area contributed by atoms with Crippen molar-refractivity contribution in [2.45, 2.75) is 38.6 Å². The van der Waals surface area contributed by atoms with E-state index in [0.717, 1.165) is 42.4 Å². The van der Waals surface area contributed by atoms with Gasteiger partial charge in [-0.3, -0.25) is 0 Å². The van der Waals surface area contributed by atoms with Crippen LogP contribution in [0.25, 0.3) is 0 Å². The van der Waals surface area contributed by atoms with Crippen molar-refractivity contribution in [3.8, 4) is 11.5 Å². The molecule has 0 saturated carbocycles. The molecule has 0 aliphatic carbocycles. The molecule has 6 heteroatoms. The van der Waals surface area contributed by atoms with E-state index in [1.807, 2.05) is 30.3 Å². The molecule has 0 spiro atoms. The molecule has 4 rings (SSSR count). The molecule has 2 aliphatic heterocycles. The molecule has 28 heavy (non-hydrogen) atoms. The molecule has 152 valence electrons. The first-order valence-electron chi connectivity index (χ1n) is 9.88. The van der Waals surface area contributed by atoms with Crippen LogP contribution in [0.2, 0.25) is 5.02 Å². The lowest BCUT2D eigenvalue weighted by Crippen LogP contribution is -2.39. The van der Waals surface area contributed by atoms with Crippen LogP contribution in [-0.2, 0) is 0 Å². The molecule has 1 unspecified atom stereocenters. The van der Waals surface area contributed by atoms with Crippen molar-refractivity contribution in [3.05, 3.63) is 47.5 Å². The number of halogens is 2. The van der Waals surface area contributed by atoms with Crippen molar-refractivity contribution in [2.75, 3.05) is 31.3 Å². The normalized spacial score (nSPS) is 19.2. The Balaban J connectivity index is 0.00000225. The molecule has 0 N–H and O–H groups in total. The highest BCUT2D eigenvalue weighted by Crippen LogP contribution is 2.41. The van der Waals surface area contributed by atoms with Gasteiger partial charge in [0.15, 0.2) is 0 Å². The van der Waals surface area contributed by atoms with Gasteiger partial charge in [-0.05, 0) is 63.1 Å². The van der Waals surface area contributed by atoms with Crippen LogP contribution < -0.4 is 14.4 Å². The summed E-state index contributed by atoms with van der Waals surface area (Å²) < 4.78 is 11.7. The molecule has 2 heterocycles. The number of hydrogen-bond acceptors (Lipinski definition) is 4. The fourth-order valence-corrected chi connectivity index (χ4v) is 4.24. The molecule has 1 atom stereocenters. The maximum absolute atomic E-state index is 6.32. The summed E-state index contributed by atoms with van der Waals surface area (Å²) in [6, 6.07) is 14.6. The standard InChI is InChI=1S/C22H27ClN2O2.ClH/c1-17-7-4-5-12-24(17)13-6-14-25-19-8-2-3-9-21(19)26-16-27-22-11-10-18(23)15-20(22)25;/h2-3,8-11,15,17H,4-7,12-14,16H2,1H3;1H. The first-order chi connectivity index (χ1) is 13.2. The smallest absolute Gasteiger partial charge is 0.231 e. The van der Waals surface area contributed by atoms with Crippen LogP contribution in [0.15, 0.2) is 42.5 Å². The maximum atomic E-state index is 6.32. The third kappa shape index (κ3) is 4.68. The molecular formula is C22H28Cl2N2O2. The lowest BCUT2D eigenvalue weighted by molar-refractivity contribution is 0.118. The van der Waals surface area contributed by atoms with Gasteiger partial charge in [-0.1, -0.05) is 30.2 Å². The van der Waals surface area contributed by atoms with Gasteiger partial charge < -0.3 is 19.3 Å². The summed E-state index contributed by atoms with van der Waals surface area (Å²) in [5.74, 6) is 1.65. The zero-order valence-electron chi connectivity index (χ0n) is 16.3. The summed E-state index contributed by atoms with van der Waals surface area (Å²) in [5, 5.41) is 0.714. The van der Waals surface area contributed by atoms with Crippen molar-refractivity contribution < 1.29 is 9.47 Å². The van der Waals surface area contributed by atoms with Crippen LogP contribution in [0, 0.1) is 0 Å². The van der Waals surface area contributed by atoms with Gasteiger partial charge in [0.1, 0.15) is 11.5 Å². The molecule has 0 radical (unpaired) electrons. The van der Waals surface area contributed by atoms with Crippen LogP contribution in [0.1, 0.15) is 32.6 Å². The number of para-hydroxylation sites is 2. The number of fused-ring (bicyclic) bond motifs is 2. The second kappa shape index (κ2) is 9.73. The molecule has 0 bridgehead atoms. The average Bonchev–Trinajstić information content (AvgIpc) is 2.67. The van der Waals surface area contributed by atoms with Crippen molar-refractivity contribution in [3.63, 3.8) is 0 Å².